The van der Waals surface area contributed by atoms with Crippen molar-refractivity contribution >= 4 is 11.8 Å². The van der Waals surface area contributed by atoms with Crippen molar-refractivity contribution in [2.45, 2.75) is 38.3 Å². The van der Waals surface area contributed by atoms with E-state index >= 15 is 0 Å². The summed E-state index contributed by atoms with van der Waals surface area (Å²) in [6.45, 7) is 4.05. The van der Waals surface area contributed by atoms with Crippen LogP contribution in [0.2, 0.25) is 0 Å². The van der Waals surface area contributed by atoms with E-state index in [9.17, 15) is 4.79 Å². The molecule has 0 spiro atoms. The lowest BCUT2D eigenvalue weighted by Crippen LogP contribution is -2.08. The van der Waals surface area contributed by atoms with E-state index in [-0.39, 0.29) is 5.56 Å². The van der Waals surface area contributed by atoms with Gasteiger partial charge in [0.15, 0.2) is 5.16 Å². The number of aromatic nitrogens is 2. The molecule has 0 saturated carbocycles. The summed E-state index contributed by atoms with van der Waals surface area (Å²) in [5.41, 5.74) is 3.71. The number of rotatable bonds is 4. The van der Waals surface area contributed by atoms with E-state index in [1.165, 1.54) is 17.2 Å². The minimum Gasteiger partial charge on any atom is -0.301 e. The first-order chi connectivity index (χ1) is 8.69. The van der Waals surface area contributed by atoms with E-state index in [1.807, 2.05) is 6.92 Å². The molecule has 0 aliphatic heterocycles. The highest BCUT2D eigenvalue weighted by atomic mass is 32.2. The zero-order valence-corrected chi connectivity index (χ0v) is 11.6. The molecule has 0 saturated heterocycles. The third kappa shape index (κ3) is 3.35. The summed E-state index contributed by atoms with van der Waals surface area (Å²) < 4.78 is 0. The minimum atomic E-state index is -0.0711. The highest BCUT2D eigenvalue weighted by Crippen LogP contribution is 2.26. The highest BCUT2D eigenvalue weighted by molar-refractivity contribution is 7.99. The van der Waals surface area contributed by atoms with Gasteiger partial charge >= 0.3 is 0 Å². The molecule has 0 atom stereocenters. The lowest BCUT2D eigenvalue weighted by atomic mass is 9.96. The average molecular weight is 262 g/mol. The number of nitrogens with one attached hydrogen (secondary N) is 1. The SMILES string of the molecule is CCC1=C(CSc2nc(C)cc(=O)[nH]2)CC=CC1. The summed E-state index contributed by atoms with van der Waals surface area (Å²) >= 11 is 1.62. The van der Waals surface area contributed by atoms with Crippen LogP contribution in [-0.2, 0) is 0 Å². The predicted molar refractivity (Wildman–Crippen MR) is 76.0 cm³/mol. The summed E-state index contributed by atoms with van der Waals surface area (Å²) in [5, 5.41) is 0.720. The molecular weight excluding hydrogens is 244 g/mol. The molecule has 2 rings (SSSR count). The Labute approximate surface area is 111 Å². The fourth-order valence-electron chi connectivity index (χ4n) is 2.07. The van der Waals surface area contributed by atoms with Crippen molar-refractivity contribution in [3.05, 3.63) is 45.4 Å². The fourth-order valence-corrected chi connectivity index (χ4v) is 3.08. The van der Waals surface area contributed by atoms with Crippen LogP contribution in [0.3, 0.4) is 0 Å². The van der Waals surface area contributed by atoms with Crippen molar-refractivity contribution in [2.75, 3.05) is 5.75 Å². The monoisotopic (exact) mass is 262 g/mol. The van der Waals surface area contributed by atoms with Crippen molar-refractivity contribution in [1.82, 2.24) is 9.97 Å². The third-order valence-electron chi connectivity index (χ3n) is 3.05. The normalized spacial score (nSPS) is 15.2. The number of hydrogen-bond donors (Lipinski definition) is 1. The van der Waals surface area contributed by atoms with Gasteiger partial charge in [0, 0.05) is 17.5 Å². The molecule has 0 aromatic carbocycles. The summed E-state index contributed by atoms with van der Waals surface area (Å²) in [6, 6.07) is 1.52. The van der Waals surface area contributed by atoms with Gasteiger partial charge in [0.2, 0.25) is 0 Å². The molecule has 0 unspecified atom stereocenters. The Bertz CT molecular complexity index is 543. The highest BCUT2D eigenvalue weighted by Gasteiger charge is 2.09. The van der Waals surface area contributed by atoms with Crippen molar-refractivity contribution < 1.29 is 0 Å². The lowest BCUT2D eigenvalue weighted by molar-refractivity contribution is 0.902. The summed E-state index contributed by atoms with van der Waals surface area (Å²) in [7, 11) is 0. The van der Waals surface area contributed by atoms with E-state index < -0.39 is 0 Å². The fraction of sp³-hybridized carbons (Fsp3) is 0.429. The Balaban J connectivity index is 2.07. The lowest BCUT2D eigenvalue weighted by Gasteiger charge is -2.15. The van der Waals surface area contributed by atoms with Gasteiger partial charge in [-0.2, -0.15) is 0 Å². The second-order valence-electron chi connectivity index (χ2n) is 4.42. The molecule has 1 aliphatic carbocycles. The Hall–Kier alpha value is -1.29. The quantitative estimate of drug-likeness (QED) is 0.515. The molecule has 18 heavy (non-hydrogen) atoms. The number of aryl methyl sites for hydroxylation is 1. The van der Waals surface area contributed by atoms with Gasteiger partial charge in [-0.25, -0.2) is 4.98 Å². The predicted octanol–water partition coefficient (Wildman–Crippen LogP) is 3.23. The van der Waals surface area contributed by atoms with E-state index in [0.717, 1.165) is 35.9 Å². The van der Waals surface area contributed by atoms with Gasteiger partial charge < -0.3 is 4.98 Å². The number of aromatic amines is 1. The molecule has 1 aromatic heterocycles. The van der Waals surface area contributed by atoms with Crippen LogP contribution >= 0.6 is 11.8 Å². The molecule has 1 aromatic rings. The minimum absolute atomic E-state index is 0.0711. The van der Waals surface area contributed by atoms with Crippen LogP contribution in [0.5, 0.6) is 0 Å². The molecule has 0 radical (unpaired) electrons. The summed E-state index contributed by atoms with van der Waals surface area (Å²) in [6.07, 6.45) is 7.68. The Kier molecular flexibility index (Phi) is 4.42. The van der Waals surface area contributed by atoms with Crippen LogP contribution in [0.25, 0.3) is 0 Å². The van der Waals surface area contributed by atoms with Crippen LogP contribution in [0, 0.1) is 6.92 Å². The van der Waals surface area contributed by atoms with E-state index in [4.69, 9.17) is 0 Å². The van der Waals surface area contributed by atoms with Crippen LogP contribution in [0.15, 0.2) is 39.3 Å². The van der Waals surface area contributed by atoms with Crippen LogP contribution < -0.4 is 5.56 Å². The van der Waals surface area contributed by atoms with Gasteiger partial charge in [0.05, 0.1) is 0 Å². The second-order valence-corrected chi connectivity index (χ2v) is 5.38. The van der Waals surface area contributed by atoms with Crippen molar-refractivity contribution in [3.63, 3.8) is 0 Å². The molecule has 0 amide bonds. The Morgan fingerprint density at radius 1 is 1.33 bits per heavy atom. The summed E-state index contributed by atoms with van der Waals surface area (Å²) in [5.74, 6) is 0.917. The maximum atomic E-state index is 11.4. The number of hydrogen-bond acceptors (Lipinski definition) is 3. The Morgan fingerprint density at radius 3 is 2.72 bits per heavy atom. The van der Waals surface area contributed by atoms with Crippen LogP contribution in [0.4, 0.5) is 0 Å². The molecule has 1 heterocycles. The van der Waals surface area contributed by atoms with Gasteiger partial charge in [-0.3, -0.25) is 4.79 Å². The molecule has 4 heteroatoms. The molecule has 96 valence electrons. The smallest absolute Gasteiger partial charge is 0.251 e. The maximum Gasteiger partial charge on any atom is 0.251 e. The van der Waals surface area contributed by atoms with Gasteiger partial charge in [0.25, 0.3) is 5.56 Å². The van der Waals surface area contributed by atoms with Crippen molar-refractivity contribution in [3.8, 4) is 0 Å². The standard InChI is InChI=1S/C14H18N2OS/c1-3-11-6-4-5-7-12(11)9-18-14-15-10(2)8-13(17)16-14/h4-5,8H,3,6-7,9H2,1-2H3,(H,15,16,17). The molecule has 1 aliphatic rings. The molecular formula is C14H18N2OS. The first-order valence-corrected chi connectivity index (χ1v) is 7.23. The molecule has 1 N–H and O–H groups in total. The average Bonchev–Trinajstić information content (AvgIpc) is 2.35. The van der Waals surface area contributed by atoms with Crippen molar-refractivity contribution in [2.24, 2.45) is 0 Å². The number of allylic oxidation sites excluding steroid dienone is 3. The van der Waals surface area contributed by atoms with Crippen LogP contribution in [-0.4, -0.2) is 15.7 Å². The van der Waals surface area contributed by atoms with Gasteiger partial charge in [-0.1, -0.05) is 42.0 Å². The second kappa shape index (κ2) is 6.05. The van der Waals surface area contributed by atoms with Gasteiger partial charge in [-0.05, 0) is 26.2 Å². The first kappa shape index (κ1) is 13.1. The Morgan fingerprint density at radius 2 is 2.06 bits per heavy atom. The number of thioether (sulfide) groups is 1. The molecule has 0 fully saturated rings. The number of nitrogens with zero attached hydrogens (tertiary/aromatic N) is 1. The van der Waals surface area contributed by atoms with Crippen molar-refractivity contribution in [1.29, 1.82) is 0 Å². The third-order valence-corrected chi connectivity index (χ3v) is 4.01. The zero-order chi connectivity index (χ0) is 13.0. The maximum absolute atomic E-state index is 11.4. The van der Waals surface area contributed by atoms with Gasteiger partial charge in [0.1, 0.15) is 0 Å². The van der Waals surface area contributed by atoms with E-state index in [1.54, 1.807) is 11.8 Å². The summed E-state index contributed by atoms with van der Waals surface area (Å²) in [4.78, 5) is 18.5. The van der Waals surface area contributed by atoms with E-state index in [2.05, 4.69) is 29.0 Å². The first-order valence-electron chi connectivity index (χ1n) is 6.24. The largest absolute Gasteiger partial charge is 0.301 e. The molecule has 3 nitrogen and oxygen atoms in total. The van der Waals surface area contributed by atoms with E-state index in [0.29, 0.717) is 0 Å². The van der Waals surface area contributed by atoms with Crippen LogP contribution in [0.1, 0.15) is 31.9 Å². The number of H-pyrrole nitrogens is 1. The van der Waals surface area contributed by atoms with Gasteiger partial charge in [-0.15, -0.1) is 0 Å². The zero-order valence-electron chi connectivity index (χ0n) is 10.8. The molecule has 0 bridgehead atoms. The topological polar surface area (TPSA) is 45.8 Å².